The summed E-state index contributed by atoms with van der Waals surface area (Å²) < 4.78 is 10.4. The molecule has 3 N–H and O–H groups in total. The molecular weight excluding hydrogens is 388 g/mol. The van der Waals surface area contributed by atoms with Crippen molar-refractivity contribution in [2.75, 3.05) is 12.4 Å². The zero-order valence-corrected chi connectivity index (χ0v) is 17.0. The molecule has 2 aromatic rings. The average Bonchev–Trinajstić information content (AvgIpc) is 2.75. The van der Waals surface area contributed by atoms with Crippen molar-refractivity contribution in [3.63, 3.8) is 0 Å². The first-order chi connectivity index (χ1) is 14.4. The Morgan fingerprint density at radius 3 is 2.23 bits per heavy atom. The lowest BCUT2D eigenvalue weighted by Gasteiger charge is -2.13. The highest BCUT2D eigenvalue weighted by molar-refractivity contribution is 6.04. The molecule has 30 heavy (non-hydrogen) atoms. The van der Waals surface area contributed by atoms with Crippen molar-refractivity contribution < 1.29 is 23.9 Å². The van der Waals surface area contributed by atoms with E-state index in [0.717, 1.165) is 0 Å². The number of rotatable bonds is 6. The van der Waals surface area contributed by atoms with E-state index in [1.165, 1.54) is 7.11 Å². The highest BCUT2D eigenvalue weighted by Gasteiger charge is 2.13. The Morgan fingerprint density at radius 2 is 1.60 bits per heavy atom. The number of alkyl carbamates (subject to hydrolysis) is 1. The first-order valence-electron chi connectivity index (χ1n) is 9.35. The largest absolute Gasteiger partial charge is 0.457 e. The molecule has 9 heteroatoms. The minimum atomic E-state index is -0.798. The van der Waals surface area contributed by atoms with Crippen LogP contribution in [0.15, 0.2) is 53.5 Å². The summed E-state index contributed by atoms with van der Waals surface area (Å²) in [7, 11) is 1.19. The van der Waals surface area contributed by atoms with Gasteiger partial charge in [-0.05, 0) is 24.3 Å². The van der Waals surface area contributed by atoms with E-state index >= 15 is 0 Å². The Kier molecular flexibility index (Phi) is 8.37. The number of methoxy groups -OCH3 is 1. The van der Waals surface area contributed by atoms with Gasteiger partial charge in [-0.25, -0.2) is 9.79 Å². The summed E-state index contributed by atoms with van der Waals surface area (Å²) in [6, 6.07) is 14.0. The molecule has 0 aliphatic heterocycles. The quantitative estimate of drug-likeness (QED) is 0.494. The summed E-state index contributed by atoms with van der Waals surface area (Å²) in [6.07, 6.45) is -0.355. The van der Waals surface area contributed by atoms with Gasteiger partial charge < -0.3 is 14.8 Å². The molecule has 0 unspecified atom stereocenters. The van der Waals surface area contributed by atoms with Gasteiger partial charge in [-0.15, -0.1) is 0 Å². The molecule has 0 aromatic heterocycles. The van der Waals surface area contributed by atoms with Gasteiger partial charge in [-0.3, -0.25) is 20.2 Å². The normalized spacial score (nSPS) is 10.7. The highest BCUT2D eigenvalue weighted by atomic mass is 16.5. The molecule has 0 radical (unpaired) electrons. The fraction of sp³-hybridized carbons (Fsp3) is 0.238. The summed E-state index contributed by atoms with van der Waals surface area (Å²) in [6.45, 7) is 3.38. The number of aliphatic imine (C=N–C) groups is 1. The number of benzene rings is 2. The molecule has 0 fully saturated rings. The molecule has 0 saturated carbocycles. The number of nitrogens with zero attached hydrogens (tertiary/aromatic N) is 1. The smallest absolute Gasteiger partial charge is 0.413 e. The maximum Gasteiger partial charge on any atom is 0.413 e. The Bertz CT molecular complexity index is 908. The van der Waals surface area contributed by atoms with Gasteiger partial charge in [0, 0.05) is 18.9 Å². The number of hydrogen-bond acceptors (Lipinski definition) is 6. The fourth-order valence-electron chi connectivity index (χ4n) is 2.22. The Balaban J connectivity index is 2.40. The maximum absolute atomic E-state index is 12.0. The van der Waals surface area contributed by atoms with E-state index in [4.69, 9.17) is 4.74 Å². The van der Waals surface area contributed by atoms with E-state index in [-0.39, 0.29) is 30.6 Å². The zero-order valence-electron chi connectivity index (χ0n) is 17.0. The molecule has 0 saturated heterocycles. The van der Waals surface area contributed by atoms with E-state index in [0.29, 0.717) is 22.9 Å². The molecule has 2 aromatic carbocycles. The van der Waals surface area contributed by atoms with Crippen LogP contribution in [0.4, 0.5) is 16.2 Å². The summed E-state index contributed by atoms with van der Waals surface area (Å²) in [5.74, 6) is 0.394. The zero-order chi connectivity index (χ0) is 21.9. The van der Waals surface area contributed by atoms with Crippen LogP contribution in [0.3, 0.4) is 0 Å². The summed E-state index contributed by atoms with van der Waals surface area (Å²) in [5.41, 5.74) is 0.658. The van der Waals surface area contributed by atoms with Crippen LogP contribution in [0.5, 0.6) is 11.5 Å². The van der Waals surface area contributed by atoms with Gasteiger partial charge in [0.2, 0.25) is 17.8 Å². The highest BCUT2D eigenvalue weighted by Crippen LogP contribution is 2.32. The molecule has 0 atom stereocenters. The van der Waals surface area contributed by atoms with Gasteiger partial charge in [0.15, 0.2) is 0 Å². The van der Waals surface area contributed by atoms with Crippen LogP contribution in [0.1, 0.15) is 26.7 Å². The third-order valence-corrected chi connectivity index (χ3v) is 3.76. The predicted molar refractivity (Wildman–Crippen MR) is 113 cm³/mol. The number of guanidine groups is 1. The minimum Gasteiger partial charge on any atom is -0.457 e. The van der Waals surface area contributed by atoms with E-state index < -0.39 is 6.09 Å². The number of amides is 3. The number of carbonyl (C=O) groups is 3. The third kappa shape index (κ3) is 6.93. The Morgan fingerprint density at radius 1 is 0.900 bits per heavy atom. The van der Waals surface area contributed by atoms with E-state index in [1.54, 1.807) is 44.2 Å². The SMILES string of the molecule is CCC(=O)NC(=Nc1ccc(Oc2ccccc2)cc1NC(=O)CC)NC(=O)OC. The van der Waals surface area contributed by atoms with Crippen LogP contribution in [0.2, 0.25) is 0 Å². The van der Waals surface area contributed by atoms with Crippen LogP contribution in [0.25, 0.3) is 0 Å². The van der Waals surface area contributed by atoms with E-state index in [9.17, 15) is 14.4 Å². The lowest BCUT2D eigenvalue weighted by Crippen LogP contribution is -2.43. The van der Waals surface area contributed by atoms with Gasteiger partial charge >= 0.3 is 6.09 Å². The van der Waals surface area contributed by atoms with Gasteiger partial charge in [0.1, 0.15) is 11.5 Å². The number of nitrogens with one attached hydrogen (secondary N) is 3. The molecule has 0 heterocycles. The molecule has 2 rings (SSSR count). The van der Waals surface area contributed by atoms with Crippen LogP contribution < -0.4 is 20.7 Å². The monoisotopic (exact) mass is 412 g/mol. The number of carbonyl (C=O) groups excluding carboxylic acids is 3. The summed E-state index contributed by atoms with van der Waals surface area (Å²) in [5, 5.41) is 7.57. The predicted octanol–water partition coefficient (Wildman–Crippen LogP) is 3.70. The van der Waals surface area contributed by atoms with Crippen molar-refractivity contribution in [3.8, 4) is 11.5 Å². The van der Waals surface area contributed by atoms with Crippen LogP contribution in [-0.4, -0.2) is 31.0 Å². The van der Waals surface area contributed by atoms with Gasteiger partial charge in [0.05, 0.1) is 18.5 Å². The fourth-order valence-corrected chi connectivity index (χ4v) is 2.22. The van der Waals surface area contributed by atoms with Gasteiger partial charge in [-0.1, -0.05) is 32.0 Å². The second kappa shape index (κ2) is 11.2. The van der Waals surface area contributed by atoms with Crippen molar-refractivity contribution >= 4 is 35.2 Å². The minimum absolute atomic E-state index is 0.127. The molecule has 3 amide bonds. The second-order valence-corrected chi connectivity index (χ2v) is 5.97. The molecule has 9 nitrogen and oxygen atoms in total. The van der Waals surface area contributed by atoms with Crippen molar-refractivity contribution in [3.05, 3.63) is 48.5 Å². The van der Waals surface area contributed by atoms with E-state index in [2.05, 4.69) is 25.7 Å². The molecular formula is C21H24N4O5. The average molecular weight is 412 g/mol. The van der Waals surface area contributed by atoms with Crippen LogP contribution in [0, 0.1) is 0 Å². The molecule has 158 valence electrons. The van der Waals surface area contributed by atoms with Crippen molar-refractivity contribution in [2.24, 2.45) is 4.99 Å². The molecule has 0 bridgehead atoms. The van der Waals surface area contributed by atoms with Crippen molar-refractivity contribution in [2.45, 2.75) is 26.7 Å². The van der Waals surface area contributed by atoms with Gasteiger partial charge in [0.25, 0.3) is 0 Å². The van der Waals surface area contributed by atoms with Crippen LogP contribution in [-0.2, 0) is 14.3 Å². The second-order valence-electron chi connectivity index (χ2n) is 5.97. The van der Waals surface area contributed by atoms with Crippen molar-refractivity contribution in [1.29, 1.82) is 0 Å². The summed E-state index contributed by atoms with van der Waals surface area (Å²) >= 11 is 0. The molecule has 0 spiro atoms. The summed E-state index contributed by atoms with van der Waals surface area (Å²) in [4.78, 5) is 39.6. The number of para-hydroxylation sites is 1. The first kappa shape index (κ1) is 22.4. The van der Waals surface area contributed by atoms with Crippen LogP contribution >= 0.6 is 0 Å². The molecule has 0 aliphatic carbocycles. The number of anilines is 1. The third-order valence-electron chi connectivity index (χ3n) is 3.76. The Hall–Kier alpha value is -3.88. The van der Waals surface area contributed by atoms with E-state index in [1.807, 2.05) is 18.2 Å². The number of ether oxygens (including phenoxy) is 2. The van der Waals surface area contributed by atoms with Crippen molar-refractivity contribution in [1.82, 2.24) is 10.6 Å². The first-order valence-corrected chi connectivity index (χ1v) is 9.35. The standard InChI is InChI=1S/C21H24N4O5/c1-4-18(26)22-17-13-15(30-14-9-7-6-8-10-14)11-12-16(17)23-20(24-19(27)5-2)25-21(28)29-3/h6-13H,4-5H2,1-3H3,(H,22,26)(H2,23,24,25,27,28). The lowest BCUT2D eigenvalue weighted by atomic mass is 10.2. The number of hydrogen-bond donors (Lipinski definition) is 3. The molecule has 0 aliphatic rings. The Labute approximate surface area is 174 Å². The topological polar surface area (TPSA) is 118 Å². The lowest BCUT2D eigenvalue weighted by molar-refractivity contribution is -0.119. The van der Waals surface area contributed by atoms with Gasteiger partial charge in [-0.2, -0.15) is 0 Å². The maximum atomic E-state index is 12.0.